The Labute approximate surface area is 143 Å². The third kappa shape index (κ3) is 4.29. The highest BCUT2D eigenvalue weighted by molar-refractivity contribution is 7.13. The van der Waals surface area contributed by atoms with Gasteiger partial charge >= 0.3 is 0 Å². The summed E-state index contributed by atoms with van der Waals surface area (Å²) in [6.07, 6.45) is 2.48. The van der Waals surface area contributed by atoms with Crippen molar-refractivity contribution in [1.82, 2.24) is 15.2 Å². The highest BCUT2D eigenvalue weighted by Gasteiger charge is 2.18. The lowest BCUT2D eigenvalue weighted by Gasteiger charge is -2.31. The first kappa shape index (κ1) is 17.4. The number of halogens is 1. The van der Waals surface area contributed by atoms with E-state index in [-0.39, 0.29) is 12.4 Å². The van der Waals surface area contributed by atoms with Crippen molar-refractivity contribution in [3.8, 4) is 10.6 Å². The summed E-state index contributed by atoms with van der Waals surface area (Å²) in [5, 5.41) is 6.72. The molecule has 1 aliphatic heterocycles. The molecule has 0 radical (unpaired) electrons. The van der Waals surface area contributed by atoms with Crippen molar-refractivity contribution in [1.29, 1.82) is 0 Å². The number of nitrogens with zero attached hydrogens (tertiary/aromatic N) is 2. The average molecular weight is 338 g/mol. The summed E-state index contributed by atoms with van der Waals surface area (Å²) in [6, 6.07) is 9.32. The summed E-state index contributed by atoms with van der Waals surface area (Å²) in [4.78, 5) is 7.32. The van der Waals surface area contributed by atoms with Gasteiger partial charge in [0.2, 0.25) is 0 Å². The van der Waals surface area contributed by atoms with Crippen molar-refractivity contribution in [3.05, 3.63) is 40.9 Å². The number of likely N-dealkylation sites (tertiary alicyclic amines) is 1. The van der Waals surface area contributed by atoms with Crippen LogP contribution in [0.2, 0.25) is 0 Å². The number of hydrogen-bond acceptors (Lipinski definition) is 4. The van der Waals surface area contributed by atoms with Gasteiger partial charge in [0.25, 0.3) is 0 Å². The maximum atomic E-state index is 4.80. The molecule has 2 aromatic rings. The second kappa shape index (κ2) is 8.06. The summed E-state index contributed by atoms with van der Waals surface area (Å²) >= 11 is 1.75. The zero-order valence-electron chi connectivity index (χ0n) is 13.2. The van der Waals surface area contributed by atoms with Gasteiger partial charge in [-0.2, -0.15) is 0 Å². The van der Waals surface area contributed by atoms with E-state index < -0.39 is 0 Å². The van der Waals surface area contributed by atoms with Crippen LogP contribution in [0.5, 0.6) is 0 Å². The van der Waals surface area contributed by atoms with Gasteiger partial charge in [-0.1, -0.05) is 29.8 Å². The van der Waals surface area contributed by atoms with Crippen molar-refractivity contribution in [2.24, 2.45) is 0 Å². The van der Waals surface area contributed by atoms with Gasteiger partial charge < -0.3 is 5.32 Å². The number of rotatable bonds is 4. The van der Waals surface area contributed by atoms with Crippen LogP contribution in [-0.2, 0) is 6.54 Å². The van der Waals surface area contributed by atoms with E-state index in [1.165, 1.54) is 42.8 Å². The SMILES string of the molecule is CNC1CCN(Cc2csc(-c3ccc(C)cc3)n2)CC1.Cl. The lowest BCUT2D eigenvalue weighted by atomic mass is 10.1. The summed E-state index contributed by atoms with van der Waals surface area (Å²) in [5.74, 6) is 0. The Hall–Kier alpha value is -0.940. The summed E-state index contributed by atoms with van der Waals surface area (Å²) in [5.41, 5.74) is 3.73. The normalized spacial score (nSPS) is 16.5. The first-order chi connectivity index (χ1) is 10.2. The Morgan fingerprint density at radius 3 is 2.55 bits per heavy atom. The summed E-state index contributed by atoms with van der Waals surface area (Å²) in [7, 11) is 2.06. The van der Waals surface area contributed by atoms with Crippen LogP contribution in [0.1, 0.15) is 24.1 Å². The molecule has 2 heterocycles. The third-order valence-corrected chi connectivity index (χ3v) is 5.17. The number of nitrogens with one attached hydrogen (secondary N) is 1. The zero-order chi connectivity index (χ0) is 14.7. The monoisotopic (exact) mass is 337 g/mol. The third-order valence-electron chi connectivity index (χ3n) is 4.23. The molecule has 1 N–H and O–H groups in total. The number of aryl methyl sites for hydroxylation is 1. The largest absolute Gasteiger partial charge is 0.317 e. The van der Waals surface area contributed by atoms with E-state index in [0.29, 0.717) is 6.04 Å². The predicted octanol–water partition coefficient (Wildman–Crippen LogP) is 3.72. The van der Waals surface area contributed by atoms with Gasteiger partial charge in [0.1, 0.15) is 5.01 Å². The Morgan fingerprint density at radius 1 is 1.23 bits per heavy atom. The van der Waals surface area contributed by atoms with Crippen LogP contribution in [0.15, 0.2) is 29.6 Å². The van der Waals surface area contributed by atoms with Crippen molar-refractivity contribution in [2.45, 2.75) is 32.4 Å². The van der Waals surface area contributed by atoms with E-state index in [9.17, 15) is 0 Å². The molecule has 0 bridgehead atoms. The molecule has 3 nitrogen and oxygen atoms in total. The van der Waals surface area contributed by atoms with Crippen molar-refractivity contribution < 1.29 is 0 Å². The minimum atomic E-state index is 0. The van der Waals surface area contributed by atoms with Gasteiger partial charge in [0, 0.05) is 36.6 Å². The Morgan fingerprint density at radius 2 is 1.91 bits per heavy atom. The number of piperidine rings is 1. The van der Waals surface area contributed by atoms with Crippen LogP contribution in [0.25, 0.3) is 10.6 Å². The molecule has 0 atom stereocenters. The van der Waals surface area contributed by atoms with Crippen LogP contribution >= 0.6 is 23.7 Å². The minimum Gasteiger partial charge on any atom is -0.317 e. The molecular weight excluding hydrogens is 314 g/mol. The van der Waals surface area contributed by atoms with Crippen LogP contribution in [0.4, 0.5) is 0 Å². The van der Waals surface area contributed by atoms with Crippen molar-refractivity contribution >= 4 is 23.7 Å². The van der Waals surface area contributed by atoms with E-state index in [2.05, 4.69) is 53.8 Å². The lowest BCUT2D eigenvalue weighted by molar-refractivity contribution is 0.193. The van der Waals surface area contributed by atoms with E-state index in [1.807, 2.05) is 0 Å². The lowest BCUT2D eigenvalue weighted by Crippen LogP contribution is -2.40. The molecule has 1 fully saturated rings. The van der Waals surface area contributed by atoms with Crippen LogP contribution in [-0.4, -0.2) is 36.1 Å². The molecule has 1 aliphatic rings. The molecule has 5 heteroatoms. The zero-order valence-corrected chi connectivity index (χ0v) is 14.8. The van der Waals surface area contributed by atoms with Gasteiger partial charge in [-0.25, -0.2) is 4.98 Å². The number of benzene rings is 1. The molecule has 0 aliphatic carbocycles. The van der Waals surface area contributed by atoms with Gasteiger partial charge in [0.05, 0.1) is 5.69 Å². The molecule has 22 heavy (non-hydrogen) atoms. The smallest absolute Gasteiger partial charge is 0.123 e. The summed E-state index contributed by atoms with van der Waals surface area (Å²) < 4.78 is 0. The maximum absolute atomic E-state index is 4.80. The van der Waals surface area contributed by atoms with Crippen molar-refractivity contribution in [2.75, 3.05) is 20.1 Å². The van der Waals surface area contributed by atoms with E-state index >= 15 is 0 Å². The molecule has 0 spiro atoms. The Kier molecular flexibility index (Phi) is 6.38. The fourth-order valence-electron chi connectivity index (χ4n) is 2.82. The highest BCUT2D eigenvalue weighted by Crippen LogP contribution is 2.25. The second-order valence-electron chi connectivity index (χ2n) is 5.85. The molecule has 1 saturated heterocycles. The first-order valence-electron chi connectivity index (χ1n) is 7.65. The molecule has 0 unspecified atom stereocenters. The number of thiazole rings is 1. The van der Waals surface area contributed by atoms with Gasteiger partial charge in [-0.05, 0) is 26.8 Å². The number of hydrogen-bond donors (Lipinski definition) is 1. The maximum Gasteiger partial charge on any atom is 0.123 e. The highest BCUT2D eigenvalue weighted by atomic mass is 35.5. The molecule has 3 rings (SSSR count). The Balaban J connectivity index is 0.00000176. The minimum absolute atomic E-state index is 0. The first-order valence-corrected chi connectivity index (χ1v) is 8.53. The average Bonchev–Trinajstić information content (AvgIpc) is 2.97. The second-order valence-corrected chi connectivity index (χ2v) is 6.71. The van der Waals surface area contributed by atoms with Gasteiger partial charge in [0.15, 0.2) is 0 Å². The Bertz CT molecular complexity index is 574. The molecule has 0 saturated carbocycles. The molecule has 1 aromatic carbocycles. The fraction of sp³-hybridized carbons (Fsp3) is 0.471. The van der Waals surface area contributed by atoms with E-state index in [1.54, 1.807) is 11.3 Å². The standard InChI is InChI=1S/C17H23N3S.ClH/c1-13-3-5-14(6-4-13)17-19-16(12-21-17)11-20-9-7-15(18-2)8-10-20;/h3-6,12,15,18H,7-11H2,1-2H3;1H. The van der Waals surface area contributed by atoms with Crippen molar-refractivity contribution in [3.63, 3.8) is 0 Å². The quantitative estimate of drug-likeness (QED) is 0.921. The predicted molar refractivity (Wildman–Crippen MR) is 96.9 cm³/mol. The van der Waals surface area contributed by atoms with Crippen LogP contribution in [0, 0.1) is 6.92 Å². The molecular formula is C17H24ClN3S. The molecule has 120 valence electrons. The topological polar surface area (TPSA) is 28.2 Å². The fourth-order valence-corrected chi connectivity index (χ4v) is 3.63. The van der Waals surface area contributed by atoms with Gasteiger partial charge in [-0.3, -0.25) is 4.90 Å². The number of aromatic nitrogens is 1. The molecule has 1 aromatic heterocycles. The summed E-state index contributed by atoms with van der Waals surface area (Å²) in [6.45, 7) is 5.44. The van der Waals surface area contributed by atoms with Gasteiger partial charge in [-0.15, -0.1) is 23.7 Å². The van der Waals surface area contributed by atoms with Crippen LogP contribution < -0.4 is 5.32 Å². The van der Waals surface area contributed by atoms with E-state index in [0.717, 1.165) is 11.6 Å². The van der Waals surface area contributed by atoms with Crippen LogP contribution in [0.3, 0.4) is 0 Å². The molecule has 0 amide bonds. The van der Waals surface area contributed by atoms with E-state index in [4.69, 9.17) is 4.98 Å².